The lowest BCUT2D eigenvalue weighted by atomic mass is 10.2. The molecular formula is C25H23BrN4O2. The fourth-order valence-corrected chi connectivity index (χ4v) is 3.94. The van der Waals surface area contributed by atoms with E-state index in [1.807, 2.05) is 71.3 Å². The Morgan fingerprint density at radius 2 is 1.72 bits per heavy atom. The highest BCUT2D eigenvalue weighted by molar-refractivity contribution is 9.10. The molecule has 0 aliphatic rings. The zero-order valence-electron chi connectivity index (χ0n) is 17.4. The summed E-state index contributed by atoms with van der Waals surface area (Å²) in [7, 11) is 0. The van der Waals surface area contributed by atoms with Gasteiger partial charge < -0.3 is 15.2 Å². The molecule has 6 nitrogen and oxygen atoms in total. The second-order valence-electron chi connectivity index (χ2n) is 7.39. The van der Waals surface area contributed by atoms with Crippen LogP contribution in [0.1, 0.15) is 22.6 Å². The third-order valence-electron chi connectivity index (χ3n) is 5.04. The Morgan fingerprint density at radius 1 is 0.938 bits per heavy atom. The fraction of sp³-hybridized carbons (Fsp3) is 0.160. The highest BCUT2D eigenvalue weighted by atomic mass is 79.9. The molecule has 4 rings (SSSR count). The van der Waals surface area contributed by atoms with Crippen LogP contribution in [0.25, 0.3) is 11.0 Å². The van der Waals surface area contributed by atoms with Crippen molar-refractivity contribution in [3.8, 4) is 0 Å². The van der Waals surface area contributed by atoms with Gasteiger partial charge in [0.15, 0.2) is 0 Å². The van der Waals surface area contributed by atoms with Gasteiger partial charge in [0.1, 0.15) is 12.4 Å². The molecule has 162 valence electrons. The largest absolute Gasteiger partial charge is 0.352 e. The number of fused-ring (bicyclic) bond motifs is 1. The monoisotopic (exact) mass is 490 g/mol. The Kier molecular flexibility index (Phi) is 6.97. The number of imidazole rings is 1. The number of anilines is 1. The smallest absolute Gasteiger partial charge is 0.251 e. The molecule has 0 aliphatic carbocycles. The summed E-state index contributed by atoms with van der Waals surface area (Å²) in [5.41, 5.74) is 3.15. The first-order valence-electron chi connectivity index (χ1n) is 10.4. The van der Waals surface area contributed by atoms with Gasteiger partial charge in [0, 0.05) is 28.7 Å². The number of rotatable bonds is 8. The van der Waals surface area contributed by atoms with Crippen molar-refractivity contribution in [1.82, 2.24) is 14.9 Å². The number of hydrogen-bond donors (Lipinski definition) is 2. The van der Waals surface area contributed by atoms with Crippen LogP contribution in [0, 0.1) is 0 Å². The van der Waals surface area contributed by atoms with Crippen LogP contribution in [0.3, 0.4) is 0 Å². The van der Waals surface area contributed by atoms with E-state index in [9.17, 15) is 9.59 Å². The van der Waals surface area contributed by atoms with E-state index in [1.54, 1.807) is 12.1 Å². The summed E-state index contributed by atoms with van der Waals surface area (Å²) in [4.78, 5) is 29.7. The maximum absolute atomic E-state index is 12.7. The van der Waals surface area contributed by atoms with E-state index in [4.69, 9.17) is 4.98 Å². The van der Waals surface area contributed by atoms with Crippen molar-refractivity contribution in [2.24, 2.45) is 0 Å². The molecule has 0 radical (unpaired) electrons. The van der Waals surface area contributed by atoms with Gasteiger partial charge in [0.2, 0.25) is 5.91 Å². The van der Waals surface area contributed by atoms with E-state index in [2.05, 4.69) is 26.6 Å². The van der Waals surface area contributed by atoms with Crippen LogP contribution in [0.2, 0.25) is 0 Å². The second kappa shape index (κ2) is 10.2. The zero-order valence-corrected chi connectivity index (χ0v) is 19.0. The number of halogens is 1. The van der Waals surface area contributed by atoms with E-state index >= 15 is 0 Å². The van der Waals surface area contributed by atoms with Crippen LogP contribution in [0.5, 0.6) is 0 Å². The summed E-state index contributed by atoms with van der Waals surface area (Å²) in [6.07, 6.45) is 1.36. The van der Waals surface area contributed by atoms with Gasteiger partial charge in [-0.3, -0.25) is 9.59 Å². The number of hydrogen-bond acceptors (Lipinski definition) is 3. The quantitative estimate of drug-likeness (QED) is 0.348. The molecule has 4 aromatic rings. The molecule has 0 saturated carbocycles. The van der Waals surface area contributed by atoms with E-state index in [-0.39, 0.29) is 18.4 Å². The molecule has 0 bridgehead atoms. The molecule has 1 aromatic heterocycles. The number of carbonyl (C=O) groups excluding carboxylic acids is 2. The van der Waals surface area contributed by atoms with Crippen LogP contribution >= 0.6 is 15.9 Å². The fourth-order valence-electron chi connectivity index (χ4n) is 3.54. The van der Waals surface area contributed by atoms with Gasteiger partial charge in [-0.05, 0) is 48.9 Å². The average molecular weight is 491 g/mol. The molecule has 1 heterocycles. The lowest BCUT2D eigenvalue weighted by Gasteiger charge is -2.11. The molecule has 3 aromatic carbocycles. The predicted molar refractivity (Wildman–Crippen MR) is 130 cm³/mol. The van der Waals surface area contributed by atoms with Gasteiger partial charge >= 0.3 is 0 Å². The topological polar surface area (TPSA) is 76.0 Å². The van der Waals surface area contributed by atoms with E-state index in [1.165, 1.54) is 0 Å². The third kappa shape index (κ3) is 5.42. The number of nitrogens with one attached hydrogen (secondary N) is 2. The van der Waals surface area contributed by atoms with Gasteiger partial charge in [-0.25, -0.2) is 4.98 Å². The number of aryl methyl sites for hydroxylation is 1. The minimum Gasteiger partial charge on any atom is -0.352 e. The average Bonchev–Trinajstić information content (AvgIpc) is 3.14. The standard InChI is InChI=1S/C25H23BrN4O2/c26-19-10-6-11-20(16-19)28-24(31)17-30-22-13-5-4-12-21(22)29-23(30)14-7-15-27-25(32)18-8-2-1-3-9-18/h1-6,8-13,16H,7,14-15,17H2,(H,27,32)(H,28,31). The molecule has 0 unspecified atom stereocenters. The zero-order chi connectivity index (χ0) is 22.3. The van der Waals surface area contributed by atoms with Crippen molar-refractivity contribution < 1.29 is 9.59 Å². The summed E-state index contributed by atoms with van der Waals surface area (Å²) < 4.78 is 2.85. The Labute approximate surface area is 194 Å². The Balaban J connectivity index is 1.42. The Bertz CT molecular complexity index is 1240. The molecule has 0 aliphatic heterocycles. The lowest BCUT2D eigenvalue weighted by Crippen LogP contribution is -2.25. The summed E-state index contributed by atoms with van der Waals surface area (Å²) in [6, 6.07) is 24.4. The molecule has 7 heteroatoms. The molecule has 2 amide bonds. The Hall–Kier alpha value is -3.45. The van der Waals surface area contributed by atoms with E-state index in [0.29, 0.717) is 18.5 Å². The van der Waals surface area contributed by atoms with Crippen molar-refractivity contribution in [1.29, 1.82) is 0 Å². The van der Waals surface area contributed by atoms with Gasteiger partial charge in [0.25, 0.3) is 5.91 Å². The maximum atomic E-state index is 12.7. The van der Waals surface area contributed by atoms with Crippen LogP contribution in [0.4, 0.5) is 5.69 Å². The number of nitrogens with zero attached hydrogens (tertiary/aromatic N) is 2. The summed E-state index contributed by atoms with van der Waals surface area (Å²) in [5, 5.41) is 5.88. The molecule has 0 spiro atoms. The summed E-state index contributed by atoms with van der Waals surface area (Å²) >= 11 is 3.42. The first kappa shape index (κ1) is 21.8. The SMILES string of the molecule is O=C(Cn1c(CCCNC(=O)c2ccccc2)nc2ccccc21)Nc1cccc(Br)c1. The number of carbonyl (C=O) groups is 2. The molecular weight excluding hydrogens is 468 g/mol. The molecule has 32 heavy (non-hydrogen) atoms. The van der Waals surface area contributed by atoms with Crippen molar-refractivity contribution >= 4 is 44.5 Å². The van der Waals surface area contributed by atoms with Crippen molar-refractivity contribution in [3.63, 3.8) is 0 Å². The Morgan fingerprint density at radius 3 is 2.53 bits per heavy atom. The maximum Gasteiger partial charge on any atom is 0.251 e. The first-order valence-corrected chi connectivity index (χ1v) is 11.2. The molecule has 2 N–H and O–H groups in total. The van der Waals surface area contributed by atoms with Crippen molar-refractivity contribution in [2.75, 3.05) is 11.9 Å². The van der Waals surface area contributed by atoms with Crippen molar-refractivity contribution in [2.45, 2.75) is 19.4 Å². The predicted octanol–water partition coefficient (Wildman–Crippen LogP) is 4.80. The van der Waals surface area contributed by atoms with Crippen LogP contribution < -0.4 is 10.6 Å². The van der Waals surface area contributed by atoms with Gasteiger partial charge in [-0.15, -0.1) is 0 Å². The number of amides is 2. The van der Waals surface area contributed by atoms with Crippen molar-refractivity contribution in [3.05, 3.63) is 94.7 Å². The number of benzene rings is 3. The van der Waals surface area contributed by atoms with Gasteiger partial charge in [-0.2, -0.15) is 0 Å². The number of para-hydroxylation sites is 2. The van der Waals surface area contributed by atoms with Crippen LogP contribution in [0.15, 0.2) is 83.3 Å². The minimum absolute atomic E-state index is 0.0903. The molecule has 0 saturated heterocycles. The van der Waals surface area contributed by atoms with Gasteiger partial charge in [-0.1, -0.05) is 52.3 Å². The molecule has 0 atom stereocenters. The van der Waals surface area contributed by atoms with E-state index < -0.39 is 0 Å². The summed E-state index contributed by atoms with van der Waals surface area (Å²) in [6.45, 7) is 0.694. The first-order chi connectivity index (χ1) is 15.6. The number of aromatic nitrogens is 2. The van der Waals surface area contributed by atoms with Crippen LogP contribution in [-0.2, 0) is 17.8 Å². The molecule has 0 fully saturated rings. The summed E-state index contributed by atoms with van der Waals surface area (Å²) in [5.74, 6) is 0.613. The second-order valence-corrected chi connectivity index (χ2v) is 8.30. The van der Waals surface area contributed by atoms with Crippen LogP contribution in [-0.4, -0.2) is 27.9 Å². The minimum atomic E-state index is -0.120. The highest BCUT2D eigenvalue weighted by Crippen LogP contribution is 2.19. The lowest BCUT2D eigenvalue weighted by molar-refractivity contribution is -0.116. The normalized spacial score (nSPS) is 10.8. The third-order valence-corrected chi connectivity index (χ3v) is 5.54. The van der Waals surface area contributed by atoms with E-state index in [0.717, 1.165) is 33.4 Å². The highest BCUT2D eigenvalue weighted by Gasteiger charge is 2.14. The van der Waals surface area contributed by atoms with Gasteiger partial charge in [0.05, 0.1) is 11.0 Å².